The molecule has 2 aromatic rings. The highest BCUT2D eigenvalue weighted by atomic mass is 16.5. The zero-order chi connectivity index (χ0) is 26.1. The van der Waals surface area contributed by atoms with E-state index in [4.69, 9.17) is 4.74 Å². The average Bonchev–Trinajstić information content (AvgIpc) is 3.67. The first-order valence-corrected chi connectivity index (χ1v) is 14.7. The van der Waals surface area contributed by atoms with Gasteiger partial charge in [-0.05, 0) is 87.4 Å². The van der Waals surface area contributed by atoms with Crippen LogP contribution in [-0.4, -0.2) is 69.8 Å². The largest absolute Gasteiger partial charge is 0.504 e. The highest BCUT2D eigenvalue weighted by Gasteiger charge is 2.73. The van der Waals surface area contributed by atoms with E-state index in [9.17, 15) is 15.0 Å². The number of phenolic OH excluding ortho intramolecular Hbond substituents is 1. The Morgan fingerprint density at radius 3 is 2.71 bits per heavy atom. The Morgan fingerprint density at radius 2 is 1.92 bits per heavy atom. The van der Waals surface area contributed by atoms with Crippen LogP contribution < -0.4 is 4.74 Å². The molecular formula is C32H40N2O4. The van der Waals surface area contributed by atoms with Gasteiger partial charge in [-0.15, -0.1) is 0 Å². The summed E-state index contributed by atoms with van der Waals surface area (Å²) < 4.78 is 6.65. The second kappa shape index (κ2) is 8.99. The average molecular weight is 517 g/mol. The van der Waals surface area contributed by atoms with E-state index in [0.717, 1.165) is 56.7 Å². The first kappa shape index (κ1) is 24.5. The van der Waals surface area contributed by atoms with Gasteiger partial charge in [-0.2, -0.15) is 0 Å². The van der Waals surface area contributed by atoms with E-state index in [1.165, 1.54) is 24.0 Å². The molecule has 2 heterocycles. The number of rotatable bonds is 8. The van der Waals surface area contributed by atoms with Crippen LogP contribution in [0.2, 0.25) is 0 Å². The second-order valence-corrected chi connectivity index (χ2v) is 12.6. The molecule has 5 aliphatic rings. The number of likely N-dealkylation sites (N-methyl/N-ethyl adjacent to an activating group) is 1. The zero-order valence-corrected chi connectivity index (χ0v) is 22.4. The maximum Gasteiger partial charge on any atom is 0.222 e. The number of carbonyl (C=O) groups excluding carboxylic acids is 1. The van der Waals surface area contributed by atoms with Crippen LogP contribution in [0.4, 0.5) is 0 Å². The van der Waals surface area contributed by atoms with E-state index >= 15 is 0 Å². The fraction of sp³-hybridized carbons (Fsp3) is 0.594. The topological polar surface area (TPSA) is 73.2 Å². The smallest absolute Gasteiger partial charge is 0.222 e. The molecule has 2 N–H and O–H groups in total. The summed E-state index contributed by atoms with van der Waals surface area (Å²) in [4.78, 5) is 17.9. The van der Waals surface area contributed by atoms with Gasteiger partial charge in [-0.3, -0.25) is 9.69 Å². The predicted octanol–water partition coefficient (Wildman–Crippen LogP) is 4.20. The second-order valence-electron chi connectivity index (χ2n) is 12.6. The molecule has 0 radical (unpaired) electrons. The van der Waals surface area contributed by atoms with Gasteiger partial charge in [0.15, 0.2) is 11.5 Å². The van der Waals surface area contributed by atoms with Gasteiger partial charge in [0.1, 0.15) is 6.10 Å². The predicted molar refractivity (Wildman–Crippen MR) is 145 cm³/mol. The van der Waals surface area contributed by atoms with Crippen molar-refractivity contribution in [3.63, 3.8) is 0 Å². The number of hydrogen-bond acceptors (Lipinski definition) is 5. The molecule has 2 bridgehead atoms. The Morgan fingerprint density at radius 1 is 1.11 bits per heavy atom. The van der Waals surface area contributed by atoms with Crippen molar-refractivity contribution in [3.8, 4) is 11.5 Å². The van der Waals surface area contributed by atoms with Gasteiger partial charge in [-0.25, -0.2) is 0 Å². The van der Waals surface area contributed by atoms with Gasteiger partial charge in [0.2, 0.25) is 5.91 Å². The molecule has 6 heteroatoms. The normalized spacial score (nSPS) is 32.9. The molecule has 7 rings (SSSR count). The number of unbranched alkanes of at least 4 members (excludes halogenated alkanes) is 1. The number of nitrogens with zero attached hydrogens (tertiary/aromatic N) is 2. The molecule has 202 valence electrons. The fourth-order valence-electron chi connectivity index (χ4n) is 8.46. The molecule has 2 aromatic carbocycles. The van der Waals surface area contributed by atoms with Crippen LogP contribution in [-0.2, 0) is 23.1 Å². The highest BCUT2D eigenvalue weighted by Crippen LogP contribution is 2.66. The summed E-state index contributed by atoms with van der Waals surface area (Å²) in [7, 11) is 1.92. The number of amides is 1. The molecule has 0 unspecified atom stereocenters. The van der Waals surface area contributed by atoms with Crippen molar-refractivity contribution in [2.75, 3.05) is 20.1 Å². The number of hydrogen-bond donors (Lipinski definition) is 2. The number of aliphatic hydroxyl groups is 1. The van der Waals surface area contributed by atoms with Crippen molar-refractivity contribution in [2.45, 2.75) is 93.4 Å². The highest BCUT2D eigenvalue weighted by molar-refractivity contribution is 5.76. The van der Waals surface area contributed by atoms with Crippen molar-refractivity contribution in [2.24, 2.45) is 5.92 Å². The van der Waals surface area contributed by atoms with E-state index in [1.807, 2.05) is 24.1 Å². The third-order valence-electron chi connectivity index (χ3n) is 10.6. The summed E-state index contributed by atoms with van der Waals surface area (Å²) in [5, 5.41) is 23.5. The van der Waals surface area contributed by atoms with Gasteiger partial charge >= 0.3 is 0 Å². The molecule has 3 fully saturated rings. The third kappa shape index (κ3) is 3.56. The molecule has 1 spiro atoms. The lowest BCUT2D eigenvalue weighted by Crippen LogP contribution is -2.78. The number of aromatic hydroxyl groups is 1. The maximum atomic E-state index is 13.4. The molecule has 5 atom stereocenters. The van der Waals surface area contributed by atoms with E-state index in [2.05, 4.69) is 29.2 Å². The Hall–Kier alpha value is -2.57. The SMILES string of the molecule is CN(C(=O)CCCCc1ccccc1)[C@@H]1CC[C@@]2(O)[C@H]3Cc4ccc(O)c5c4[C@@]2(CCN3CC2CC2)[C@H]1O5. The van der Waals surface area contributed by atoms with Crippen molar-refractivity contribution in [1.29, 1.82) is 0 Å². The van der Waals surface area contributed by atoms with Crippen LogP contribution in [0.3, 0.4) is 0 Å². The van der Waals surface area contributed by atoms with E-state index in [1.54, 1.807) is 6.07 Å². The fourth-order valence-corrected chi connectivity index (χ4v) is 8.46. The summed E-state index contributed by atoms with van der Waals surface area (Å²) >= 11 is 0. The quantitative estimate of drug-likeness (QED) is 0.515. The lowest BCUT2D eigenvalue weighted by atomic mass is 9.48. The van der Waals surface area contributed by atoms with Crippen LogP contribution in [0.25, 0.3) is 0 Å². The van der Waals surface area contributed by atoms with Crippen molar-refractivity contribution in [3.05, 3.63) is 59.2 Å². The van der Waals surface area contributed by atoms with Crippen LogP contribution >= 0.6 is 0 Å². The minimum absolute atomic E-state index is 0.0610. The van der Waals surface area contributed by atoms with Gasteiger partial charge in [-0.1, -0.05) is 36.4 Å². The lowest BCUT2D eigenvalue weighted by Gasteiger charge is -2.64. The molecule has 3 aliphatic carbocycles. The Balaban J connectivity index is 1.14. The third-order valence-corrected chi connectivity index (χ3v) is 10.6. The van der Waals surface area contributed by atoms with Gasteiger partial charge in [0, 0.05) is 31.6 Å². The molecule has 1 amide bonds. The number of phenols is 1. The Kier molecular flexibility index (Phi) is 5.79. The number of benzene rings is 2. The first-order chi connectivity index (χ1) is 18.4. The number of carbonyl (C=O) groups is 1. The van der Waals surface area contributed by atoms with Gasteiger partial charge in [0.25, 0.3) is 0 Å². The molecular weight excluding hydrogens is 476 g/mol. The lowest BCUT2D eigenvalue weighted by molar-refractivity contribution is -0.200. The standard InChI is InChI=1S/C32H40N2O4/c1-33(27(36)10-6-5-9-21-7-3-2-4-8-21)24-15-16-32(37)26-19-23-13-14-25(35)29-28(23)31(32,30(24)38-29)17-18-34(26)20-22-11-12-22/h2-4,7-8,13-14,22,24,26,30,35,37H,5-6,9-12,15-20H2,1H3/t24-,26-,30+,31+,32-/m1/s1. The van der Waals surface area contributed by atoms with Crippen LogP contribution in [0, 0.1) is 5.92 Å². The minimum atomic E-state index is -0.910. The monoisotopic (exact) mass is 516 g/mol. The summed E-state index contributed by atoms with van der Waals surface area (Å²) in [5.74, 6) is 1.62. The van der Waals surface area contributed by atoms with E-state index in [-0.39, 0.29) is 29.8 Å². The maximum absolute atomic E-state index is 13.4. The summed E-state index contributed by atoms with van der Waals surface area (Å²) in [6, 6.07) is 14.2. The van der Waals surface area contributed by atoms with Crippen molar-refractivity contribution in [1.82, 2.24) is 9.80 Å². The van der Waals surface area contributed by atoms with Crippen molar-refractivity contribution >= 4 is 5.91 Å². The number of piperidine rings is 1. The summed E-state index contributed by atoms with van der Waals surface area (Å²) in [6.45, 7) is 2.00. The van der Waals surface area contributed by atoms with Gasteiger partial charge < -0.3 is 19.8 Å². The molecule has 38 heavy (non-hydrogen) atoms. The molecule has 1 saturated heterocycles. The molecule has 6 nitrogen and oxygen atoms in total. The van der Waals surface area contributed by atoms with Crippen LogP contribution in [0.1, 0.15) is 68.1 Å². The minimum Gasteiger partial charge on any atom is -0.504 e. The molecule has 2 aliphatic heterocycles. The van der Waals surface area contributed by atoms with Gasteiger partial charge in [0.05, 0.1) is 17.1 Å². The van der Waals surface area contributed by atoms with Crippen LogP contribution in [0.5, 0.6) is 11.5 Å². The molecule has 2 saturated carbocycles. The van der Waals surface area contributed by atoms with Crippen LogP contribution in [0.15, 0.2) is 42.5 Å². The summed E-state index contributed by atoms with van der Waals surface area (Å²) in [6.07, 6.45) is 8.57. The number of likely N-dealkylation sites (tertiary alicyclic amines) is 1. The van der Waals surface area contributed by atoms with E-state index in [0.29, 0.717) is 25.0 Å². The summed E-state index contributed by atoms with van der Waals surface area (Å²) in [5.41, 5.74) is 2.05. The van der Waals surface area contributed by atoms with E-state index < -0.39 is 11.0 Å². The molecule has 0 aromatic heterocycles. The Bertz CT molecular complexity index is 1230. The first-order valence-electron chi connectivity index (χ1n) is 14.7. The Labute approximate surface area is 225 Å². The number of ether oxygens (including phenoxy) is 1. The number of aryl methyl sites for hydroxylation is 1. The zero-order valence-electron chi connectivity index (χ0n) is 22.4. The van der Waals surface area contributed by atoms with Crippen molar-refractivity contribution < 1.29 is 19.7 Å².